The molecule has 1 aliphatic rings. The molecule has 3 rings (SSSR count). The standard InChI is InChI=1S/C26H30N4O2/c1-3-14-30(19-22-9-7-8-21(17-22)18-27)26(32)28-24(23-10-5-4-6-11-23)25(31)29-15-12-20(2)13-16-29/h3-11,17,20,24H,1,12-16,19H2,2H3,(H,28,32)/t24-/m0/s1. The molecule has 1 aliphatic heterocycles. The summed E-state index contributed by atoms with van der Waals surface area (Å²) in [6.45, 7) is 8.00. The van der Waals surface area contributed by atoms with Gasteiger partial charge in [-0.25, -0.2) is 4.79 Å². The topological polar surface area (TPSA) is 76.4 Å². The van der Waals surface area contributed by atoms with Crippen LogP contribution < -0.4 is 5.32 Å². The number of benzene rings is 2. The minimum atomic E-state index is -0.755. The third kappa shape index (κ3) is 5.98. The molecular formula is C26H30N4O2. The molecule has 6 nitrogen and oxygen atoms in total. The van der Waals surface area contributed by atoms with Crippen LogP contribution in [0.3, 0.4) is 0 Å². The smallest absolute Gasteiger partial charge is 0.318 e. The molecule has 2 aromatic carbocycles. The molecular weight excluding hydrogens is 400 g/mol. The van der Waals surface area contributed by atoms with E-state index in [1.165, 1.54) is 0 Å². The van der Waals surface area contributed by atoms with E-state index in [0.717, 1.165) is 24.0 Å². The van der Waals surface area contributed by atoms with Gasteiger partial charge in [-0.2, -0.15) is 5.26 Å². The Balaban J connectivity index is 1.79. The highest BCUT2D eigenvalue weighted by Crippen LogP contribution is 2.22. The lowest BCUT2D eigenvalue weighted by Gasteiger charge is -2.34. The monoisotopic (exact) mass is 430 g/mol. The van der Waals surface area contributed by atoms with Gasteiger partial charge in [-0.3, -0.25) is 4.79 Å². The van der Waals surface area contributed by atoms with E-state index < -0.39 is 6.04 Å². The largest absolute Gasteiger partial charge is 0.341 e. The Kier molecular flexibility index (Phi) is 8.04. The average molecular weight is 431 g/mol. The molecule has 6 heteroatoms. The zero-order valence-corrected chi connectivity index (χ0v) is 18.5. The van der Waals surface area contributed by atoms with E-state index in [-0.39, 0.29) is 11.9 Å². The van der Waals surface area contributed by atoms with E-state index in [1.54, 1.807) is 29.2 Å². The summed E-state index contributed by atoms with van der Waals surface area (Å²) in [5, 5.41) is 12.1. The molecule has 166 valence electrons. The number of hydrogen-bond acceptors (Lipinski definition) is 3. The van der Waals surface area contributed by atoms with E-state index in [1.807, 2.05) is 41.3 Å². The number of rotatable bonds is 7. The van der Waals surface area contributed by atoms with Crippen LogP contribution in [0.1, 0.15) is 42.5 Å². The third-order valence-corrected chi connectivity index (χ3v) is 5.81. The van der Waals surface area contributed by atoms with Crippen LogP contribution in [0.15, 0.2) is 67.3 Å². The van der Waals surface area contributed by atoms with Crippen LogP contribution in [0, 0.1) is 17.2 Å². The first-order chi connectivity index (χ1) is 15.5. The second-order valence-electron chi connectivity index (χ2n) is 8.28. The molecule has 1 fully saturated rings. The summed E-state index contributed by atoms with van der Waals surface area (Å²) < 4.78 is 0. The Labute approximate surface area is 190 Å². The molecule has 0 unspecified atom stereocenters. The van der Waals surface area contributed by atoms with E-state index in [0.29, 0.717) is 37.7 Å². The Bertz CT molecular complexity index is 975. The molecule has 3 amide bonds. The van der Waals surface area contributed by atoms with Gasteiger partial charge in [0.15, 0.2) is 0 Å². The maximum Gasteiger partial charge on any atom is 0.318 e. The average Bonchev–Trinajstić information content (AvgIpc) is 2.83. The van der Waals surface area contributed by atoms with Gasteiger partial charge in [0, 0.05) is 26.2 Å². The van der Waals surface area contributed by atoms with Crippen LogP contribution in [-0.2, 0) is 11.3 Å². The summed E-state index contributed by atoms with van der Waals surface area (Å²) in [6.07, 6.45) is 3.59. The Morgan fingerprint density at radius 2 is 1.94 bits per heavy atom. The molecule has 0 aromatic heterocycles. The number of nitriles is 1. The highest BCUT2D eigenvalue weighted by atomic mass is 16.2. The van der Waals surface area contributed by atoms with Gasteiger partial charge in [0.1, 0.15) is 6.04 Å². The molecule has 0 aliphatic carbocycles. The molecule has 32 heavy (non-hydrogen) atoms. The first-order valence-electron chi connectivity index (χ1n) is 11.0. The van der Waals surface area contributed by atoms with Crippen molar-refractivity contribution in [1.82, 2.24) is 15.1 Å². The van der Waals surface area contributed by atoms with Crippen LogP contribution in [0.5, 0.6) is 0 Å². The third-order valence-electron chi connectivity index (χ3n) is 5.81. The molecule has 1 heterocycles. The normalized spacial score (nSPS) is 14.8. The molecule has 0 saturated carbocycles. The van der Waals surface area contributed by atoms with Crippen molar-refractivity contribution in [3.63, 3.8) is 0 Å². The maximum absolute atomic E-state index is 13.4. The van der Waals surface area contributed by atoms with Gasteiger partial charge < -0.3 is 15.1 Å². The highest BCUT2D eigenvalue weighted by molar-refractivity contribution is 5.88. The van der Waals surface area contributed by atoms with E-state index >= 15 is 0 Å². The number of likely N-dealkylation sites (tertiary alicyclic amines) is 1. The van der Waals surface area contributed by atoms with Crippen molar-refractivity contribution < 1.29 is 9.59 Å². The molecule has 1 N–H and O–H groups in total. The molecule has 0 spiro atoms. The van der Waals surface area contributed by atoms with E-state index in [9.17, 15) is 9.59 Å². The lowest BCUT2D eigenvalue weighted by molar-refractivity contribution is -0.134. The second-order valence-corrected chi connectivity index (χ2v) is 8.28. The van der Waals surface area contributed by atoms with Gasteiger partial charge in [0.05, 0.1) is 11.6 Å². The van der Waals surface area contributed by atoms with Crippen LogP contribution in [-0.4, -0.2) is 41.4 Å². The Morgan fingerprint density at radius 3 is 2.59 bits per heavy atom. The molecule has 1 atom stereocenters. The van der Waals surface area contributed by atoms with Crippen molar-refractivity contribution in [2.45, 2.75) is 32.4 Å². The summed E-state index contributed by atoms with van der Waals surface area (Å²) in [5.41, 5.74) is 2.14. The summed E-state index contributed by atoms with van der Waals surface area (Å²) in [7, 11) is 0. The number of nitrogens with one attached hydrogen (secondary N) is 1. The number of urea groups is 1. The highest BCUT2D eigenvalue weighted by Gasteiger charge is 2.30. The number of nitrogens with zero attached hydrogens (tertiary/aromatic N) is 3. The minimum absolute atomic E-state index is 0.0820. The predicted octanol–water partition coefficient (Wildman–Crippen LogP) is 4.26. The molecule has 0 radical (unpaired) electrons. The van der Waals surface area contributed by atoms with Crippen molar-refractivity contribution in [2.24, 2.45) is 5.92 Å². The van der Waals surface area contributed by atoms with Crippen LogP contribution in [0.25, 0.3) is 0 Å². The van der Waals surface area contributed by atoms with Crippen LogP contribution in [0.2, 0.25) is 0 Å². The fourth-order valence-corrected chi connectivity index (χ4v) is 3.89. The fourth-order valence-electron chi connectivity index (χ4n) is 3.89. The van der Waals surface area contributed by atoms with E-state index in [4.69, 9.17) is 5.26 Å². The Morgan fingerprint density at radius 1 is 1.22 bits per heavy atom. The lowest BCUT2D eigenvalue weighted by atomic mass is 9.97. The number of piperidine rings is 1. The Hall–Kier alpha value is -3.59. The van der Waals surface area contributed by atoms with Crippen LogP contribution in [0.4, 0.5) is 4.79 Å². The van der Waals surface area contributed by atoms with Gasteiger partial charge in [0.25, 0.3) is 0 Å². The summed E-state index contributed by atoms with van der Waals surface area (Å²) in [4.78, 5) is 30.1. The number of carbonyl (C=O) groups is 2. The van der Waals surface area contributed by atoms with Crippen molar-refractivity contribution in [3.8, 4) is 6.07 Å². The van der Waals surface area contributed by atoms with E-state index in [2.05, 4.69) is 24.9 Å². The summed E-state index contributed by atoms with van der Waals surface area (Å²) in [5.74, 6) is 0.526. The zero-order valence-electron chi connectivity index (χ0n) is 18.5. The first-order valence-corrected chi connectivity index (χ1v) is 11.0. The van der Waals surface area contributed by atoms with Gasteiger partial charge in [-0.15, -0.1) is 6.58 Å². The van der Waals surface area contributed by atoms with Gasteiger partial charge in [-0.1, -0.05) is 55.5 Å². The van der Waals surface area contributed by atoms with Crippen molar-refractivity contribution in [3.05, 3.63) is 83.9 Å². The molecule has 1 saturated heterocycles. The number of amides is 3. The van der Waals surface area contributed by atoms with Crippen molar-refractivity contribution in [1.29, 1.82) is 5.26 Å². The zero-order chi connectivity index (χ0) is 22.9. The minimum Gasteiger partial charge on any atom is -0.341 e. The quantitative estimate of drug-likeness (QED) is 0.667. The van der Waals surface area contributed by atoms with Crippen molar-refractivity contribution in [2.75, 3.05) is 19.6 Å². The summed E-state index contributed by atoms with van der Waals surface area (Å²) >= 11 is 0. The second kappa shape index (κ2) is 11.1. The SMILES string of the molecule is C=CCN(Cc1cccc(C#N)c1)C(=O)N[C@H](C(=O)N1CCC(C)CC1)c1ccccc1. The predicted molar refractivity (Wildman–Crippen MR) is 124 cm³/mol. The lowest BCUT2D eigenvalue weighted by Crippen LogP contribution is -2.49. The number of carbonyl (C=O) groups excluding carboxylic acids is 2. The van der Waals surface area contributed by atoms with Gasteiger partial charge in [-0.05, 0) is 42.0 Å². The summed E-state index contributed by atoms with van der Waals surface area (Å²) in [6, 6.07) is 17.5. The molecule has 0 bridgehead atoms. The maximum atomic E-state index is 13.4. The fraction of sp³-hybridized carbons (Fsp3) is 0.346. The molecule has 2 aromatic rings. The van der Waals surface area contributed by atoms with Crippen molar-refractivity contribution >= 4 is 11.9 Å². The first kappa shape index (κ1) is 23.1. The van der Waals surface area contributed by atoms with Crippen LogP contribution >= 0.6 is 0 Å². The van der Waals surface area contributed by atoms with Gasteiger partial charge >= 0.3 is 6.03 Å². The van der Waals surface area contributed by atoms with Gasteiger partial charge in [0.2, 0.25) is 5.91 Å². The number of hydrogen-bond donors (Lipinski definition) is 1.